The number of rotatable bonds is 12. The second-order valence-electron chi connectivity index (χ2n) is 19.8. The van der Waals surface area contributed by atoms with Gasteiger partial charge in [0, 0.05) is 49.8 Å². The number of aliphatic hydroxyl groups excluding tert-OH is 2. The summed E-state index contributed by atoms with van der Waals surface area (Å²) in [5, 5.41) is 70.0. The summed E-state index contributed by atoms with van der Waals surface area (Å²) >= 11 is 6.06. The van der Waals surface area contributed by atoms with E-state index in [0.29, 0.717) is 23.8 Å². The lowest BCUT2D eigenvalue weighted by Crippen LogP contribution is -2.70. The molecule has 17 nitrogen and oxygen atoms in total. The van der Waals surface area contributed by atoms with Gasteiger partial charge in [-0.15, -0.1) is 0 Å². The molecular formula is C47H81ClN4O13. The molecule has 4 rings (SSSR count). The van der Waals surface area contributed by atoms with Gasteiger partial charge in [-0.2, -0.15) is 0 Å². The van der Waals surface area contributed by atoms with E-state index < -0.39 is 114 Å². The lowest BCUT2D eigenvalue weighted by Gasteiger charge is -2.53. The molecule has 8 N–H and O–H groups in total. The van der Waals surface area contributed by atoms with Crippen LogP contribution in [0, 0.1) is 17.8 Å². The molecule has 0 aromatic heterocycles. The van der Waals surface area contributed by atoms with Crippen molar-refractivity contribution in [3.8, 4) is 0 Å². The van der Waals surface area contributed by atoms with Crippen LogP contribution in [0.25, 0.3) is 0 Å². The maximum absolute atomic E-state index is 14.5. The first-order valence-corrected chi connectivity index (χ1v) is 23.8. The predicted molar refractivity (Wildman–Crippen MR) is 246 cm³/mol. The number of carbonyl (C=O) groups is 2. The Morgan fingerprint density at radius 1 is 0.985 bits per heavy atom. The van der Waals surface area contributed by atoms with E-state index >= 15 is 0 Å². The molecule has 18 atom stereocenters. The summed E-state index contributed by atoms with van der Waals surface area (Å²) in [7, 11) is 3.08. The van der Waals surface area contributed by atoms with Crippen molar-refractivity contribution >= 4 is 29.3 Å². The number of benzene rings is 1. The van der Waals surface area contributed by atoms with Crippen molar-refractivity contribution in [2.45, 2.75) is 198 Å². The van der Waals surface area contributed by atoms with Crippen LogP contribution in [-0.4, -0.2) is 166 Å². The van der Waals surface area contributed by atoms with Crippen LogP contribution in [-0.2, 0) is 33.2 Å². The average molecular weight is 946 g/mol. The quantitative estimate of drug-likeness (QED) is 0.109. The van der Waals surface area contributed by atoms with E-state index in [0.717, 1.165) is 6.42 Å². The first kappa shape index (κ1) is 55.4. The number of hydrogen-bond donors (Lipinski definition) is 8. The molecule has 3 saturated heterocycles. The first-order valence-electron chi connectivity index (χ1n) is 23.4. The Morgan fingerprint density at radius 3 is 2.23 bits per heavy atom. The van der Waals surface area contributed by atoms with Gasteiger partial charge in [0.25, 0.3) is 0 Å². The zero-order valence-corrected chi connectivity index (χ0v) is 41.6. The minimum Gasteiger partial charge on any atom is -0.459 e. The van der Waals surface area contributed by atoms with Gasteiger partial charge in [0.1, 0.15) is 35.1 Å². The number of esters is 1. The topological polar surface area (TPSA) is 230 Å². The summed E-state index contributed by atoms with van der Waals surface area (Å²) in [5.74, 6) is -3.00. The molecule has 0 aliphatic carbocycles. The van der Waals surface area contributed by atoms with E-state index in [1.54, 1.807) is 86.7 Å². The van der Waals surface area contributed by atoms with Gasteiger partial charge in [-0.1, -0.05) is 39.3 Å². The molecule has 65 heavy (non-hydrogen) atoms. The summed E-state index contributed by atoms with van der Waals surface area (Å²) in [6.07, 6.45) is -8.53. The number of halogens is 1. The molecular weight excluding hydrogens is 864 g/mol. The van der Waals surface area contributed by atoms with Crippen molar-refractivity contribution in [1.82, 2.24) is 15.5 Å². The highest BCUT2D eigenvalue weighted by atomic mass is 35.5. The van der Waals surface area contributed by atoms with Crippen LogP contribution < -0.4 is 16.0 Å². The number of anilines is 1. The summed E-state index contributed by atoms with van der Waals surface area (Å²) in [6.45, 7) is 20.3. The SMILES string of the molecule is CCCNC[C@]1(O)[C@H](C)O[C@@H](O[C@H]2[C@H](C)[C@@H](O[C@@H]3O[C@H](C)C[C@H](N(C)C(=O)Nc4ccc(Cl)cc4)[C@H]3O)[C@](C)(O)C[C@@H](C)CN[C@H](C)[C@@H](O)[C@](C)(O)[C@@H](CC)OC(=O)[C@@H]2C)C[C@@]1(C)OC. The second-order valence-corrected chi connectivity index (χ2v) is 20.2. The van der Waals surface area contributed by atoms with Gasteiger partial charge in [0.15, 0.2) is 12.6 Å². The van der Waals surface area contributed by atoms with E-state index in [2.05, 4.69) is 16.0 Å². The lowest BCUT2D eigenvalue weighted by atomic mass is 9.75. The predicted octanol–water partition coefficient (Wildman–Crippen LogP) is 4.18. The number of nitrogens with zero attached hydrogens (tertiary/aromatic N) is 1. The Morgan fingerprint density at radius 2 is 1.63 bits per heavy atom. The normalized spacial score (nSPS) is 42.6. The number of carbonyl (C=O) groups excluding carboxylic acids is 2. The van der Waals surface area contributed by atoms with E-state index in [4.69, 9.17) is 40.0 Å². The largest absolute Gasteiger partial charge is 0.459 e. The lowest BCUT2D eigenvalue weighted by molar-refractivity contribution is -0.336. The van der Waals surface area contributed by atoms with Crippen molar-refractivity contribution in [1.29, 1.82) is 0 Å². The first-order chi connectivity index (χ1) is 30.3. The van der Waals surface area contributed by atoms with Crippen molar-refractivity contribution < 1.29 is 63.5 Å². The van der Waals surface area contributed by atoms with Gasteiger partial charge < -0.3 is 74.8 Å². The Balaban J connectivity index is 1.78. The van der Waals surface area contributed by atoms with Gasteiger partial charge in [-0.05, 0) is 117 Å². The fraction of sp³-hybridized carbons (Fsp3) is 0.830. The van der Waals surface area contributed by atoms with E-state index in [9.17, 15) is 35.1 Å². The molecule has 0 unspecified atom stereocenters. The van der Waals surface area contributed by atoms with Crippen molar-refractivity contribution in [2.75, 3.05) is 39.1 Å². The summed E-state index contributed by atoms with van der Waals surface area (Å²) in [5.41, 5.74) is -5.73. The number of hydrogen-bond acceptors (Lipinski definition) is 15. The van der Waals surface area contributed by atoms with Crippen LogP contribution in [0.2, 0.25) is 5.02 Å². The van der Waals surface area contributed by atoms with Gasteiger partial charge in [-0.25, -0.2) is 4.79 Å². The number of aliphatic hydroxyl groups is 5. The number of likely N-dealkylation sites (N-methyl/N-ethyl adjacent to an activating group) is 1. The Labute approximate surface area is 391 Å². The minimum absolute atomic E-state index is 0.0399. The smallest absolute Gasteiger partial charge is 0.321 e. The number of cyclic esters (lactones) is 1. The Bertz CT molecular complexity index is 1680. The third kappa shape index (κ3) is 12.9. The number of methoxy groups -OCH3 is 1. The van der Waals surface area contributed by atoms with Gasteiger partial charge in [0.2, 0.25) is 0 Å². The van der Waals surface area contributed by atoms with Crippen LogP contribution in [0.5, 0.6) is 0 Å². The third-order valence-electron chi connectivity index (χ3n) is 14.3. The van der Waals surface area contributed by atoms with Crippen molar-refractivity contribution in [2.24, 2.45) is 17.8 Å². The monoisotopic (exact) mass is 945 g/mol. The maximum atomic E-state index is 14.5. The molecule has 3 aliphatic rings. The molecule has 0 radical (unpaired) electrons. The highest BCUT2D eigenvalue weighted by molar-refractivity contribution is 6.30. The van der Waals surface area contributed by atoms with Crippen molar-refractivity contribution in [3.63, 3.8) is 0 Å². The van der Waals surface area contributed by atoms with Gasteiger partial charge in [-0.3, -0.25) is 4.79 Å². The minimum atomic E-state index is -1.86. The second kappa shape index (κ2) is 22.9. The maximum Gasteiger partial charge on any atom is 0.321 e. The van der Waals surface area contributed by atoms with Crippen LogP contribution >= 0.6 is 11.6 Å². The van der Waals surface area contributed by atoms with Gasteiger partial charge >= 0.3 is 12.0 Å². The number of nitrogens with one attached hydrogen (secondary N) is 3. The molecule has 3 heterocycles. The molecule has 1 aromatic rings. The number of amides is 2. The Kier molecular flexibility index (Phi) is 19.5. The summed E-state index contributed by atoms with van der Waals surface area (Å²) in [4.78, 5) is 29.4. The van der Waals surface area contributed by atoms with E-state index in [1.807, 2.05) is 13.8 Å². The summed E-state index contributed by atoms with van der Waals surface area (Å²) < 4.78 is 38.5. The average Bonchev–Trinajstić information content (AvgIpc) is 3.24. The third-order valence-corrected chi connectivity index (χ3v) is 14.5. The molecule has 0 spiro atoms. The molecule has 18 heteroatoms. The molecule has 1 aromatic carbocycles. The standard InChI is InChI=1S/C47H81ClN4O13/c1-14-20-49-25-47(59)31(8)62-36(23-45(47,10)60-13)64-38-28(5)40(65-42-37(53)34(21-27(4)61-42)52(12)43(56)51-33-18-16-32(48)17-19-33)44(9,57)22-26(3)24-50-30(7)39(54)46(11,58)35(15-2)63-41(55)29(38)6/h16-19,26-31,34-40,42,49-50,53-54,57-59H,14-15,20-25H2,1-13H3,(H,51,56)/t26-,27-,28+,29-,30-,31+,34+,35-,36+,37-,38+,39-,40-,42+,44-,45-,46-,47+/m1/s1. The molecule has 0 bridgehead atoms. The molecule has 3 fully saturated rings. The fourth-order valence-electron chi connectivity index (χ4n) is 9.97. The zero-order chi connectivity index (χ0) is 48.8. The highest BCUT2D eigenvalue weighted by Crippen LogP contribution is 2.43. The van der Waals surface area contributed by atoms with Crippen molar-refractivity contribution in [3.05, 3.63) is 29.3 Å². The molecule has 0 saturated carbocycles. The number of urea groups is 1. The van der Waals surface area contributed by atoms with E-state index in [1.165, 1.54) is 18.9 Å². The van der Waals surface area contributed by atoms with Gasteiger partial charge in [0.05, 0.1) is 42.0 Å². The highest BCUT2D eigenvalue weighted by Gasteiger charge is 2.58. The zero-order valence-electron chi connectivity index (χ0n) is 40.9. The van der Waals surface area contributed by atoms with Crippen LogP contribution in [0.4, 0.5) is 10.5 Å². The molecule has 374 valence electrons. The molecule has 3 aliphatic heterocycles. The van der Waals surface area contributed by atoms with E-state index in [-0.39, 0.29) is 38.1 Å². The summed E-state index contributed by atoms with van der Waals surface area (Å²) in [6, 6.07) is 4.72. The van der Waals surface area contributed by atoms with Crippen LogP contribution in [0.3, 0.4) is 0 Å². The Hall–Kier alpha value is -2.23. The van der Waals surface area contributed by atoms with Crippen LogP contribution in [0.15, 0.2) is 24.3 Å². The fourth-order valence-corrected chi connectivity index (χ4v) is 10.1. The number of ether oxygens (including phenoxy) is 6. The molecule has 2 amide bonds. The van der Waals surface area contributed by atoms with Crippen LogP contribution in [0.1, 0.15) is 108 Å².